The molecule has 12 heteroatoms. The van der Waals surface area contributed by atoms with Gasteiger partial charge in [-0.15, -0.1) is 0 Å². The van der Waals surface area contributed by atoms with Crippen molar-refractivity contribution in [3.63, 3.8) is 0 Å². The summed E-state index contributed by atoms with van der Waals surface area (Å²) >= 11 is 0. The van der Waals surface area contributed by atoms with Crippen molar-refractivity contribution in [1.29, 1.82) is 0 Å². The van der Waals surface area contributed by atoms with Crippen molar-refractivity contribution in [2.75, 3.05) is 0 Å². The van der Waals surface area contributed by atoms with Gasteiger partial charge in [0.1, 0.15) is 0 Å². The quantitative estimate of drug-likeness (QED) is 0.468. The van der Waals surface area contributed by atoms with E-state index in [1.165, 1.54) is 0 Å². The summed E-state index contributed by atoms with van der Waals surface area (Å²) in [6, 6.07) is 0. The van der Waals surface area contributed by atoms with Crippen molar-refractivity contribution < 1.29 is 54.8 Å². The van der Waals surface area contributed by atoms with Gasteiger partial charge in [-0.05, 0) is 0 Å². The lowest BCUT2D eigenvalue weighted by atomic mass is 10.1. The molecule has 0 unspecified atom stereocenters. The molecule has 0 fully saturated rings. The molecule has 0 heterocycles. The minimum Gasteiger partial charge on any atom is -0.237 e. The van der Waals surface area contributed by atoms with E-state index in [-0.39, 0.29) is 0 Å². The fourth-order valence-electron chi connectivity index (χ4n) is 0.440. The van der Waals surface area contributed by atoms with Crippen LogP contribution >= 0.6 is 0 Å². The van der Waals surface area contributed by atoms with Crippen LogP contribution < -0.4 is 5.51 Å². The molecule has 0 aromatic carbocycles. The van der Waals surface area contributed by atoms with Crippen LogP contribution in [-0.2, 0) is 9.63 Å². The molecule has 96 valence electrons. The Labute approximate surface area is 80.2 Å². The van der Waals surface area contributed by atoms with Gasteiger partial charge in [-0.25, -0.2) is 4.79 Å². The summed E-state index contributed by atoms with van der Waals surface area (Å²) < 4.78 is 105. The Bertz CT molecular complexity index is 271. The zero-order chi connectivity index (χ0) is 13.4. The van der Waals surface area contributed by atoms with Gasteiger partial charge in [-0.2, -0.15) is 35.6 Å². The molecule has 0 aliphatic heterocycles. The summed E-state index contributed by atoms with van der Waals surface area (Å²) in [6.45, 7) is 0. The summed E-state index contributed by atoms with van der Waals surface area (Å²) in [4.78, 5) is 12.1. The third-order valence-corrected chi connectivity index (χ3v) is 1.18. The van der Waals surface area contributed by atoms with Crippen molar-refractivity contribution >= 4 is 5.97 Å². The van der Waals surface area contributed by atoms with Crippen molar-refractivity contribution in [1.82, 2.24) is 0 Å². The highest BCUT2D eigenvalue weighted by molar-refractivity contribution is 5.78. The number of halogens is 9. The maximum Gasteiger partial charge on any atom is 0.460 e. The van der Waals surface area contributed by atoms with Crippen LogP contribution in [0.5, 0.6) is 0 Å². The molecule has 0 aromatic heterocycles. The van der Waals surface area contributed by atoms with Gasteiger partial charge in [0.15, 0.2) is 0 Å². The lowest BCUT2D eigenvalue weighted by molar-refractivity contribution is -1.29. The molecule has 3 nitrogen and oxygen atoms in total. The maximum absolute atomic E-state index is 12.2. The van der Waals surface area contributed by atoms with Crippen LogP contribution in [-0.4, -0.2) is 24.0 Å². The Hall–Kier alpha value is -1.20. The number of hydrogen-bond donors (Lipinski definition) is 1. The molecule has 0 aromatic rings. The Balaban J connectivity index is 5.12. The zero-order valence-corrected chi connectivity index (χ0v) is 6.72. The van der Waals surface area contributed by atoms with Crippen LogP contribution in [0.1, 0.15) is 0 Å². The summed E-state index contributed by atoms with van der Waals surface area (Å²) in [5, 5.41) is 0. The van der Waals surface area contributed by atoms with Crippen molar-refractivity contribution in [3.05, 3.63) is 0 Å². The summed E-state index contributed by atoms with van der Waals surface area (Å²) in [6.07, 6.45) is -6.79. The number of rotatable bonds is 3. The standard InChI is InChI=1S/C4HF9NO2/c5-2(6,1(15)16-14(12)13)3(7,8)4(9,10)11/h14H/q+1. The third kappa shape index (κ3) is 2.48. The zero-order valence-electron chi connectivity index (χ0n) is 6.72. The fraction of sp³-hybridized carbons (Fsp3) is 0.750. The number of quaternary nitrogens is 1. The molecule has 0 radical (unpaired) electrons. The second kappa shape index (κ2) is 3.99. The van der Waals surface area contributed by atoms with Gasteiger partial charge in [0.2, 0.25) is 5.51 Å². The largest absolute Gasteiger partial charge is 0.460 e. The molecule has 0 bridgehead atoms. The Kier molecular flexibility index (Phi) is 3.69. The van der Waals surface area contributed by atoms with E-state index in [1.54, 1.807) is 0 Å². The molecule has 0 saturated heterocycles. The first-order valence-electron chi connectivity index (χ1n) is 3.06. The molecule has 0 spiro atoms. The molecular formula is C4HF9NO2+. The van der Waals surface area contributed by atoms with Crippen LogP contribution in [0, 0.1) is 0 Å². The first kappa shape index (κ1) is 14.8. The van der Waals surface area contributed by atoms with Gasteiger partial charge in [-0.1, -0.05) is 0 Å². The average molecular weight is 266 g/mol. The smallest absolute Gasteiger partial charge is 0.237 e. The molecule has 0 aliphatic rings. The SMILES string of the molecule is O=C(O[NH+](F)F)C(F)(F)C(F)(F)C(F)(F)F. The topological polar surface area (TPSA) is 30.7 Å². The molecule has 0 atom stereocenters. The fourth-order valence-corrected chi connectivity index (χ4v) is 0.440. The highest BCUT2D eigenvalue weighted by Crippen LogP contribution is 2.46. The molecule has 0 saturated carbocycles. The molecule has 0 aliphatic carbocycles. The van der Waals surface area contributed by atoms with Gasteiger partial charge < -0.3 is 0 Å². The Morgan fingerprint density at radius 1 is 0.938 bits per heavy atom. The van der Waals surface area contributed by atoms with Gasteiger partial charge in [-0.3, -0.25) is 0 Å². The minimum atomic E-state index is -6.81. The van der Waals surface area contributed by atoms with E-state index < -0.39 is 29.5 Å². The number of hydrogen-bond acceptors (Lipinski definition) is 2. The predicted octanol–water partition coefficient (Wildman–Crippen LogP) is 0.931. The van der Waals surface area contributed by atoms with Gasteiger partial charge in [0.25, 0.3) is 0 Å². The van der Waals surface area contributed by atoms with Gasteiger partial charge >= 0.3 is 24.0 Å². The Morgan fingerprint density at radius 3 is 1.56 bits per heavy atom. The third-order valence-electron chi connectivity index (χ3n) is 1.18. The average Bonchev–Trinajstić information content (AvgIpc) is 2.00. The van der Waals surface area contributed by atoms with E-state index in [0.29, 0.717) is 0 Å². The first-order chi connectivity index (χ1) is 6.84. The van der Waals surface area contributed by atoms with E-state index >= 15 is 0 Å². The van der Waals surface area contributed by atoms with Crippen LogP contribution in [0.15, 0.2) is 0 Å². The second-order valence-electron chi connectivity index (χ2n) is 2.26. The minimum absolute atomic E-state index is 2.21. The summed E-state index contributed by atoms with van der Waals surface area (Å²) in [7, 11) is 0. The molecule has 0 rings (SSSR count). The first-order valence-corrected chi connectivity index (χ1v) is 3.06. The lowest BCUT2D eigenvalue weighted by Crippen LogP contribution is -2.96. The molecular weight excluding hydrogens is 265 g/mol. The summed E-state index contributed by atoms with van der Waals surface area (Å²) in [5.74, 6) is -17.0. The number of nitrogens with one attached hydrogen (secondary N) is 1. The van der Waals surface area contributed by atoms with Gasteiger partial charge in [0.05, 0.1) is 8.96 Å². The van der Waals surface area contributed by atoms with E-state index in [4.69, 9.17) is 0 Å². The van der Waals surface area contributed by atoms with Crippen LogP contribution in [0.25, 0.3) is 0 Å². The van der Waals surface area contributed by atoms with Crippen LogP contribution in [0.4, 0.5) is 39.7 Å². The Morgan fingerprint density at radius 2 is 1.31 bits per heavy atom. The molecule has 1 N–H and O–H groups in total. The predicted molar refractivity (Wildman–Crippen MR) is 25.2 cm³/mol. The second-order valence-corrected chi connectivity index (χ2v) is 2.26. The maximum atomic E-state index is 12.2. The van der Waals surface area contributed by atoms with E-state index in [0.717, 1.165) is 0 Å². The normalized spacial score (nSPS) is 14.1. The monoisotopic (exact) mass is 266 g/mol. The number of alkyl halides is 7. The van der Waals surface area contributed by atoms with E-state index in [1.807, 2.05) is 0 Å². The van der Waals surface area contributed by atoms with E-state index in [2.05, 4.69) is 4.84 Å². The van der Waals surface area contributed by atoms with Gasteiger partial charge in [0, 0.05) is 0 Å². The highest BCUT2D eigenvalue weighted by Gasteiger charge is 2.78. The van der Waals surface area contributed by atoms with Crippen molar-refractivity contribution in [2.45, 2.75) is 18.0 Å². The van der Waals surface area contributed by atoms with Crippen LogP contribution in [0.2, 0.25) is 0 Å². The van der Waals surface area contributed by atoms with E-state index in [9.17, 15) is 44.5 Å². The highest BCUT2D eigenvalue weighted by atomic mass is 19.4. The van der Waals surface area contributed by atoms with Crippen molar-refractivity contribution in [2.24, 2.45) is 0 Å². The number of carbonyl (C=O) groups is 1. The lowest BCUT2D eigenvalue weighted by Gasteiger charge is -2.24. The molecule has 16 heavy (non-hydrogen) atoms. The summed E-state index contributed by atoms with van der Waals surface area (Å²) in [5.41, 5.74) is -3.48. The van der Waals surface area contributed by atoms with Crippen molar-refractivity contribution in [3.8, 4) is 0 Å². The van der Waals surface area contributed by atoms with Crippen LogP contribution in [0.3, 0.4) is 0 Å². The molecule has 0 amide bonds. The number of carbonyl (C=O) groups excluding carboxylic acids is 1.